The van der Waals surface area contributed by atoms with Crippen molar-refractivity contribution in [1.29, 1.82) is 0 Å². The summed E-state index contributed by atoms with van der Waals surface area (Å²) in [7, 11) is 0. The molecule has 1 fully saturated rings. The number of hydrogen-bond acceptors (Lipinski definition) is 4. The lowest BCUT2D eigenvalue weighted by Crippen LogP contribution is -2.07. The lowest BCUT2D eigenvalue weighted by molar-refractivity contribution is 0.124. The molecule has 1 aromatic heterocycles. The average molecular weight is 285 g/mol. The first-order valence-corrected chi connectivity index (χ1v) is 7.70. The van der Waals surface area contributed by atoms with Crippen molar-refractivity contribution in [2.75, 3.05) is 30.8 Å². The van der Waals surface area contributed by atoms with E-state index in [1.54, 1.807) is 0 Å². The summed E-state index contributed by atoms with van der Waals surface area (Å²) in [6, 6.07) is 6.06. The molecular formula is C17H23N3O. The largest absolute Gasteiger partial charge is 0.398 e. The molecule has 112 valence electrons. The highest BCUT2D eigenvalue weighted by atomic mass is 16.5. The normalized spacial score (nSPS) is 14.5. The molecule has 21 heavy (non-hydrogen) atoms. The third-order valence-corrected chi connectivity index (χ3v) is 3.90. The van der Waals surface area contributed by atoms with Crippen LogP contribution in [0.25, 0.3) is 10.8 Å². The zero-order valence-corrected chi connectivity index (χ0v) is 12.6. The van der Waals surface area contributed by atoms with Gasteiger partial charge in [-0.15, -0.1) is 0 Å². The van der Waals surface area contributed by atoms with Crippen molar-refractivity contribution in [2.24, 2.45) is 5.92 Å². The fourth-order valence-electron chi connectivity index (χ4n) is 2.45. The van der Waals surface area contributed by atoms with Crippen molar-refractivity contribution in [3.05, 3.63) is 30.1 Å². The van der Waals surface area contributed by atoms with Gasteiger partial charge < -0.3 is 15.8 Å². The number of benzene rings is 1. The second kappa shape index (κ2) is 6.31. The number of rotatable bonds is 7. The van der Waals surface area contributed by atoms with Gasteiger partial charge in [-0.25, -0.2) is 0 Å². The second-order valence-corrected chi connectivity index (χ2v) is 5.87. The maximum Gasteiger partial charge on any atom is 0.0494 e. The summed E-state index contributed by atoms with van der Waals surface area (Å²) in [6.45, 7) is 4.68. The number of hydrogen-bond donors (Lipinski definition) is 2. The fraction of sp³-hybridized carbons (Fsp3) is 0.471. The van der Waals surface area contributed by atoms with Gasteiger partial charge in [-0.05, 0) is 50.3 Å². The minimum Gasteiger partial charge on any atom is -0.398 e. The lowest BCUT2D eigenvalue weighted by atomic mass is 10.1. The molecule has 0 radical (unpaired) electrons. The molecule has 4 heteroatoms. The number of aryl methyl sites for hydroxylation is 1. The lowest BCUT2D eigenvalue weighted by Gasteiger charge is -2.12. The van der Waals surface area contributed by atoms with Crippen LogP contribution in [0.3, 0.4) is 0 Å². The van der Waals surface area contributed by atoms with Crippen LogP contribution in [0.2, 0.25) is 0 Å². The van der Waals surface area contributed by atoms with E-state index in [1.165, 1.54) is 12.8 Å². The quantitative estimate of drug-likeness (QED) is 0.605. The van der Waals surface area contributed by atoms with Gasteiger partial charge in [-0.2, -0.15) is 0 Å². The van der Waals surface area contributed by atoms with Crippen molar-refractivity contribution in [3.8, 4) is 0 Å². The van der Waals surface area contributed by atoms with E-state index in [1.807, 2.05) is 25.3 Å². The molecule has 1 heterocycles. The Morgan fingerprint density at radius 3 is 3.00 bits per heavy atom. The van der Waals surface area contributed by atoms with E-state index in [-0.39, 0.29) is 0 Å². The number of ether oxygens (including phenoxy) is 1. The number of fused-ring (bicyclic) bond motifs is 1. The van der Waals surface area contributed by atoms with Crippen LogP contribution in [-0.2, 0) is 4.74 Å². The Morgan fingerprint density at radius 1 is 1.33 bits per heavy atom. The molecule has 3 N–H and O–H groups in total. The molecule has 0 amide bonds. The van der Waals surface area contributed by atoms with Crippen LogP contribution in [0.1, 0.15) is 25.0 Å². The molecule has 0 aliphatic heterocycles. The summed E-state index contributed by atoms with van der Waals surface area (Å²) >= 11 is 0. The number of nitrogens with one attached hydrogen (secondary N) is 1. The summed E-state index contributed by atoms with van der Waals surface area (Å²) in [4.78, 5) is 4.32. The van der Waals surface area contributed by atoms with Gasteiger partial charge in [0.25, 0.3) is 0 Å². The molecule has 0 spiro atoms. The van der Waals surface area contributed by atoms with Crippen LogP contribution < -0.4 is 11.1 Å². The Kier molecular flexibility index (Phi) is 4.25. The van der Waals surface area contributed by atoms with E-state index in [0.717, 1.165) is 59.9 Å². The van der Waals surface area contributed by atoms with E-state index in [2.05, 4.69) is 16.4 Å². The third kappa shape index (κ3) is 3.64. The van der Waals surface area contributed by atoms with Gasteiger partial charge in [0.05, 0.1) is 0 Å². The highest BCUT2D eigenvalue weighted by molar-refractivity contribution is 6.00. The highest BCUT2D eigenvalue weighted by Gasteiger charge is 2.20. The average Bonchev–Trinajstić information content (AvgIpc) is 3.29. The van der Waals surface area contributed by atoms with Gasteiger partial charge in [0, 0.05) is 53.8 Å². The molecular weight excluding hydrogens is 262 g/mol. The molecule has 1 aromatic carbocycles. The maximum absolute atomic E-state index is 6.02. The number of nitrogen functional groups attached to an aromatic ring is 1. The Labute approximate surface area is 125 Å². The zero-order chi connectivity index (χ0) is 14.7. The van der Waals surface area contributed by atoms with Crippen molar-refractivity contribution < 1.29 is 4.74 Å². The molecule has 1 aliphatic carbocycles. The fourth-order valence-corrected chi connectivity index (χ4v) is 2.45. The van der Waals surface area contributed by atoms with Crippen LogP contribution in [0, 0.1) is 12.8 Å². The molecule has 3 rings (SSSR count). The SMILES string of the molecule is Cc1cc2c(NCCCOCC3CC3)ccc(N)c2cn1. The summed E-state index contributed by atoms with van der Waals surface area (Å²) in [5, 5.41) is 5.63. The molecule has 1 aliphatic rings. The predicted molar refractivity (Wildman–Crippen MR) is 87.5 cm³/mol. The Hall–Kier alpha value is -1.81. The van der Waals surface area contributed by atoms with Gasteiger partial charge in [0.15, 0.2) is 0 Å². The van der Waals surface area contributed by atoms with Crippen LogP contribution in [-0.4, -0.2) is 24.7 Å². The number of anilines is 2. The summed E-state index contributed by atoms with van der Waals surface area (Å²) in [5.41, 5.74) is 8.91. The van der Waals surface area contributed by atoms with Crippen LogP contribution in [0.15, 0.2) is 24.4 Å². The van der Waals surface area contributed by atoms with Crippen molar-refractivity contribution >= 4 is 22.1 Å². The molecule has 2 aromatic rings. The third-order valence-electron chi connectivity index (χ3n) is 3.90. The van der Waals surface area contributed by atoms with E-state index in [4.69, 9.17) is 10.5 Å². The zero-order valence-electron chi connectivity index (χ0n) is 12.6. The Bertz CT molecular complexity index is 623. The van der Waals surface area contributed by atoms with E-state index in [0.29, 0.717) is 0 Å². The van der Waals surface area contributed by atoms with Gasteiger partial charge in [0.2, 0.25) is 0 Å². The smallest absolute Gasteiger partial charge is 0.0494 e. The van der Waals surface area contributed by atoms with Crippen LogP contribution in [0.5, 0.6) is 0 Å². The first-order valence-electron chi connectivity index (χ1n) is 7.70. The number of aromatic nitrogens is 1. The van der Waals surface area contributed by atoms with Gasteiger partial charge in [-0.3, -0.25) is 4.98 Å². The topological polar surface area (TPSA) is 60.2 Å². The molecule has 0 saturated heterocycles. The van der Waals surface area contributed by atoms with Crippen LogP contribution in [0.4, 0.5) is 11.4 Å². The van der Waals surface area contributed by atoms with Gasteiger partial charge in [0.1, 0.15) is 0 Å². The van der Waals surface area contributed by atoms with Gasteiger partial charge in [-0.1, -0.05) is 0 Å². The first kappa shape index (κ1) is 14.1. The number of nitrogens with zero attached hydrogens (tertiary/aromatic N) is 1. The molecule has 1 saturated carbocycles. The summed E-state index contributed by atoms with van der Waals surface area (Å²) in [5.74, 6) is 0.842. The molecule has 0 bridgehead atoms. The van der Waals surface area contributed by atoms with Crippen LogP contribution >= 0.6 is 0 Å². The minimum absolute atomic E-state index is 0.774. The standard InChI is InChI=1S/C17H23N3O/c1-12-9-14-15(10-20-12)16(18)5-6-17(14)19-7-2-8-21-11-13-3-4-13/h5-6,9-10,13,19H,2-4,7-8,11,18H2,1H3. The number of pyridine rings is 1. The van der Waals surface area contributed by atoms with Crippen molar-refractivity contribution in [2.45, 2.75) is 26.2 Å². The van der Waals surface area contributed by atoms with E-state index < -0.39 is 0 Å². The summed E-state index contributed by atoms with van der Waals surface area (Å²) in [6.07, 6.45) is 5.57. The first-order chi connectivity index (χ1) is 10.2. The van der Waals surface area contributed by atoms with E-state index in [9.17, 15) is 0 Å². The molecule has 0 unspecified atom stereocenters. The second-order valence-electron chi connectivity index (χ2n) is 5.87. The predicted octanol–water partition coefficient (Wildman–Crippen LogP) is 3.35. The van der Waals surface area contributed by atoms with Crippen molar-refractivity contribution in [1.82, 2.24) is 4.98 Å². The van der Waals surface area contributed by atoms with Crippen molar-refractivity contribution in [3.63, 3.8) is 0 Å². The molecule has 4 nitrogen and oxygen atoms in total. The minimum atomic E-state index is 0.774. The molecule has 0 atom stereocenters. The maximum atomic E-state index is 6.02. The highest BCUT2D eigenvalue weighted by Crippen LogP contribution is 2.29. The Balaban J connectivity index is 1.58. The number of nitrogens with two attached hydrogens (primary N) is 1. The Morgan fingerprint density at radius 2 is 2.19 bits per heavy atom. The van der Waals surface area contributed by atoms with Gasteiger partial charge >= 0.3 is 0 Å². The summed E-state index contributed by atoms with van der Waals surface area (Å²) < 4.78 is 5.65. The van der Waals surface area contributed by atoms with E-state index >= 15 is 0 Å². The monoisotopic (exact) mass is 285 g/mol.